The summed E-state index contributed by atoms with van der Waals surface area (Å²) in [5.41, 5.74) is 0. The summed E-state index contributed by atoms with van der Waals surface area (Å²) in [4.78, 5) is 0. The van der Waals surface area contributed by atoms with Crippen LogP contribution in [0.1, 0.15) is 201 Å². The zero-order valence-electron chi connectivity index (χ0n) is 23.4. The van der Waals surface area contributed by atoms with Crippen LogP contribution in [-0.2, 0) is 0 Å². The highest BCUT2D eigenvalue weighted by molar-refractivity contribution is 4.56. The third kappa shape index (κ3) is 28.0. The number of hydrogen-bond acceptors (Lipinski definition) is 0. The van der Waals surface area contributed by atoms with Gasteiger partial charge in [0.1, 0.15) is 0 Å². The third-order valence-corrected chi connectivity index (χ3v) is 7.60. The average molecular weight is 451 g/mol. The maximum atomic E-state index is 2.50. The SMILES string of the molecule is CCCCCCCCCCCCCCCC(C)CCCCCCCCCCCCCCC. The Balaban J connectivity index is 3.13. The van der Waals surface area contributed by atoms with E-state index < -0.39 is 0 Å². The Kier molecular flexibility index (Phi) is 29.0. The fourth-order valence-electron chi connectivity index (χ4n) is 5.17. The first-order chi connectivity index (χ1) is 15.8. The maximum absolute atomic E-state index is 2.50. The second kappa shape index (κ2) is 29.0. The first kappa shape index (κ1) is 32.0. The molecule has 32 heavy (non-hydrogen) atoms. The third-order valence-electron chi connectivity index (χ3n) is 7.60. The van der Waals surface area contributed by atoms with Crippen molar-refractivity contribution in [2.24, 2.45) is 5.92 Å². The lowest BCUT2D eigenvalue weighted by Crippen LogP contribution is -1.95. The molecule has 0 nitrogen and oxygen atoms in total. The molecule has 0 heterocycles. The minimum Gasteiger partial charge on any atom is -0.0654 e. The van der Waals surface area contributed by atoms with Crippen LogP contribution in [0, 0.1) is 5.92 Å². The van der Waals surface area contributed by atoms with Crippen molar-refractivity contribution < 1.29 is 0 Å². The van der Waals surface area contributed by atoms with Gasteiger partial charge in [-0.15, -0.1) is 0 Å². The number of hydrogen-bond donors (Lipinski definition) is 0. The van der Waals surface area contributed by atoms with E-state index in [9.17, 15) is 0 Å². The van der Waals surface area contributed by atoms with E-state index in [2.05, 4.69) is 20.8 Å². The number of rotatable bonds is 28. The topological polar surface area (TPSA) is 0 Å². The highest BCUT2D eigenvalue weighted by Gasteiger charge is 2.02. The Morgan fingerprint density at radius 2 is 0.469 bits per heavy atom. The molecule has 0 aliphatic rings. The predicted octanol–water partition coefficient (Wildman–Crippen LogP) is 12.6. The van der Waals surface area contributed by atoms with Crippen LogP contribution in [-0.4, -0.2) is 0 Å². The first-order valence-electron chi connectivity index (χ1n) is 15.8. The Bertz CT molecular complexity index is 277. The van der Waals surface area contributed by atoms with Gasteiger partial charge in [0.25, 0.3) is 0 Å². The van der Waals surface area contributed by atoms with Crippen LogP contribution < -0.4 is 0 Å². The molecule has 0 bridgehead atoms. The summed E-state index contributed by atoms with van der Waals surface area (Å²) in [6.45, 7) is 7.11. The molecule has 0 fully saturated rings. The van der Waals surface area contributed by atoms with Gasteiger partial charge in [-0.1, -0.05) is 201 Å². The van der Waals surface area contributed by atoms with Crippen molar-refractivity contribution in [2.75, 3.05) is 0 Å². The van der Waals surface area contributed by atoms with Gasteiger partial charge >= 0.3 is 0 Å². The summed E-state index contributed by atoms with van der Waals surface area (Å²) in [5, 5.41) is 0. The van der Waals surface area contributed by atoms with Crippen molar-refractivity contribution in [3.8, 4) is 0 Å². The second-order valence-electron chi connectivity index (χ2n) is 11.2. The van der Waals surface area contributed by atoms with Gasteiger partial charge in [-0.3, -0.25) is 0 Å². The van der Waals surface area contributed by atoms with Crippen molar-refractivity contribution in [1.82, 2.24) is 0 Å². The van der Waals surface area contributed by atoms with Crippen LogP contribution in [0.2, 0.25) is 0 Å². The van der Waals surface area contributed by atoms with Crippen molar-refractivity contribution in [1.29, 1.82) is 0 Å². The van der Waals surface area contributed by atoms with Gasteiger partial charge in [0.15, 0.2) is 0 Å². The minimum atomic E-state index is 0.968. The summed E-state index contributed by atoms with van der Waals surface area (Å²) in [6.07, 6.45) is 41.3. The van der Waals surface area contributed by atoms with Crippen LogP contribution >= 0.6 is 0 Å². The smallest absolute Gasteiger partial charge is 0.0443 e. The van der Waals surface area contributed by atoms with E-state index in [1.807, 2.05) is 0 Å². The summed E-state index contributed by atoms with van der Waals surface area (Å²) >= 11 is 0. The monoisotopic (exact) mass is 451 g/mol. The Morgan fingerprint density at radius 1 is 0.281 bits per heavy atom. The molecule has 0 unspecified atom stereocenters. The molecule has 194 valence electrons. The van der Waals surface area contributed by atoms with Crippen LogP contribution in [0.5, 0.6) is 0 Å². The molecule has 0 spiro atoms. The molecular formula is C32H66. The van der Waals surface area contributed by atoms with E-state index in [-0.39, 0.29) is 0 Å². The fraction of sp³-hybridized carbons (Fsp3) is 1.00. The normalized spacial score (nSPS) is 11.6. The van der Waals surface area contributed by atoms with E-state index in [1.54, 1.807) is 0 Å². The molecule has 0 aromatic rings. The molecule has 0 aliphatic carbocycles. The molecule has 0 rings (SSSR count). The lowest BCUT2D eigenvalue weighted by molar-refractivity contribution is 0.429. The van der Waals surface area contributed by atoms with Crippen molar-refractivity contribution >= 4 is 0 Å². The Hall–Kier alpha value is 0. The van der Waals surface area contributed by atoms with E-state index >= 15 is 0 Å². The zero-order valence-corrected chi connectivity index (χ0v) is 23.4. The van der Waals surface area contributed by atoms with Crippen LogP contribution in [0.4, 0.5) is 0 Å². The maximum Gasteiger partial charge on any atom is -0.0443 e. The van der Waals surface area contributed by atoms with E-state index in [0.717, 1.165) is 5.92 Å². The zero-order chi connectivity index (χ0) is 23.4. The molecule has 0 amide bonds. The van der Waals surface area contributed by atoms with Crippen molar-refractivity contribution in [2.45, 2.75) is 201 Å². The first-order valence-corrected chi connectivity index (χ1v) is 15.8. The molecule has 0 atom stereocenters. The van der Waals surface area contributed by atoms with Crippen molar-refractivity contribution in [3.63, 3.8) is 0 Å². The van der Waals surface area contributed by atoms with Gasteiger partial charge in [-0.25, -0.2) is 0 Å². The van der Waals surface area contributed by atoms with Crippen LogP contribution in [0.25, 0.3) is 0 Å². The number of unbranched alkanes of at least 4 members (excludes halogenated alkanes) is 24. The molecule has 0 heteroatoms. The molecule has 0 saturated carbocycles. The minimum absolute atomic E-state index is 0.968. The molecule has 0 radical (unpaired) electrons. The van der Waals surface area contributed by atoms with Gasteiger partial charge in [-0.2, -0.15) is 0 Å². The van der Waals surface area contributed by atoms with Crippen molar-refractivity contribution in [3.05, 3.63) is 0 Å². The van der Waals surface area contributed by atoms with Gasteiger partial charge in [0, 0.05) is 0 Å². The fourth-order valence-corrected chi connectivity index (χ4v) is 5.17. The lowest BCUT2D eigenvalue weighted by Gasteiger charge is -2.11. The van der Waals surface area contributed by atoms with Gasteiger partial charge < -0.3 is 0 Å². The van der Waals surface area contributed by atoms with Gasteiger partial charge in [0.2, 0.25) is 0 Å². The van der Waals surface area contributed by atoms with Crippen LogP contribution in [0.15, 0.2) is 0 Å². The van der Waals surface area contributed by atoms with E-state index in [4.69, 9.17) is 0 Å². The standard InChI is InChI=1S/C32H66/c1-4-6-8-10-12-14-16-18-20-22-24-26-28-30-32(3)31-29-27-25-23-21-19-17-15-13-11-9-7-5-2/h32H,4-31H2,1-3H3. The van der Waals surface area contributed by atoms with E-state index in [0.29, 0.717) is 0 Å². The van der Waals surface area contributed by atoms with Gasteiger partial charge in [0.05, 0.1) is 0 Å². The summed E-state index contributed by atoms with van der Waals surface area (Å²) in [7, 11) is 0. The van der Waals surface area contributed by atoms with Gasteiger partial charge in [-0.05, 0) is 5.92 Å². The molecule has 0 aromatic heterocycles. The summed E-state index contributed by atoms with van der Waals surface area (Å²) in [5.74, 6) is 0.968. The summed E-state index contributed by atoms with van der Waals surface area (Å²) in [6, 6.07) is 0. The molecule has 0 saturated heterocycles. The molecular weight excluding hydrogens is 384 g/mol. The highest BCUT2D eigenvalue weighted by atomic mass is 14.1. The Morgan fingerprint density at radius 3 is 0.688 bits per heavy atom. The Labute approximate surface area is 206 Å². The molecule has 0 aromatic carbocycles. The molecule has 0 N–H and O–H groups in total. The quantitative estimate of drug-likeness (QED) is 0.104. The predicted molar refractivity (Wildman–Crippen MR) is 150 cm³/mol. The average Bonchev–Trinajstić information content (AvgIpc) is 2.80. The largest absolute Gasteiger partial charge is 0.0654 e. The highest BCUT2D eigenvalue weighted by Crippen LogP contribution is 2.19. The van der Waals surface area contributed by atoms with Crippen LogP contribution in [0.3, 0.4) is 0 Å². The summed E-state index contributed by atoms with van der Waals surface area (Å²) < 4.78 is 0. The second-order valence-corrected chi connectivity index (χ2v) is 11.2. The van der Waals surface area contributed by atoms with E-state index in [1.165, 1.54) is 180 Å². The lowest BCUT2D eigenvalue weighted by atomic mass is 9.95. The molecule has 0 aliphatic heterocycles.